The van der Waals surface area contributed by atoms with Crippen LogP contribution in [-0.2, 0) is 11.2 Å². The van der Waals surface area contributed by atoms with Gasteiger partial charge in [0.1, 0.15) is 0 Å². The molecular formula is C26H35N3O3. The predicted molar refractivity (Wildman–Crippen MR) is 128 cm³/mol. The van der Waals surface area contributed by atoms with Crippen molar-refractivity contribution in [3.05, 3.63) is 53.6 Å². The van der Waals surface area contributed by atoms with Crippen LogP contribution in [0.4, 0.5) is 5.69 Å². The lowest BCUT2D eigenvalue weighted by Crippen LogP contribution is -2.41. The number of aryl methyl sites for hydroxylation is 1. The fourth-order valence-corrected chi connectivity index (χ4v) is 4.84. The van der Waals surface area contributed by atoms with E-state index < -0.39 is 0 Å². The molecule has 0 spiro atoms. The highest BCUT2D eigenvalue weighted by molar-refractivity contribution is 5.77. The molecule has 172 valence electrons. The van der Waals surface area contributed by atoms with Gasteiger partial charge >= 0.3 is 0 Å². The molecule has 4 rings (SSSR count). The van der Waals surface area contributed by atoms with Crippen molar-refractivity contribution in [2.75, 3.05) is 51.8 Å². The molecule has 6 nitrogen and oxygen atoms in total. The number of hydrogen-bond acceptors (Lipinski definition) is 5. The molecular weight excluding hydrogens is 402 g/mol. The smallest absolute Gasteiger partial charge is 0.258 e. The number of hydrogen-bond donors (Lipinski definition) is 1. The van der Waals surface area contributed by atoms with Crippen LogP contribution in [0, 0.1) is 0 Å². The van der Waals surface area contributed by atoms with Gasteiger partial charge in [-0.05, 0) is 68.1 Å². The van der Waals surface area contributed by atoms with E-state index in [1.54, 1.807) is 7.11 Å². The zero-order chi connectivity index (χ0) is 22.3. The Kier molecular flexibility index (Phi) is 7.53. The number of nitrogens with zero attached hydrogens (tertiary/aromatic N) is 2. The van der Waals surface area contributed by atoms with E-state index in [0.29, 0.717) is 18.0 Å². The first-order chi connectivity index (χ1) is 15.7. The second kappa shape index (κ2) is 10.7. The second-order valence-electron chi connectivity index (χ2n) is 8.77. The molecule has 1 N–H and O–H groups in total. The number of carbonyl (C=O) groups is 1. The summed E-state index contributed by atoms with van der Waals surface area (Å²) in [5, 5.41) is 3.12. The normalized spacial score (nSPS) is 17.4. The Hall–Kier alpha value is -2.73. The van der Waals surface area contributed by atoms with Crippen LogP contribution in [0.5, 0.6) is 11.5 Å². The number of benzene rings is 2. The van der Waals surface area contributed by atoms with Crippen LogP contribution in [0.3, 0.4) is 0 Å². The van der Waals surface area contributed by atoms with Crippen molar-refractivity contribution < 1.29 is 14.3 Å². The Labute approximate surface area is 191 Å². The third-order valence-electron chi connectivity index (χ3n) is 6.59. The standard InChI is InChI=1S/C26H35N3O3/c1-28-14-8-9-20-17-21(12-13-22(20)28)23(29-15-6-3-7-16-29)18-27-26(30)19-32-25-11-5-4-10-24(25)31-2/h4-5,10-13,17,23H,3,6-9,14-16,18-19H2,1-2H3,(H,27,30)/t23-/m1/s1. The van der Waals surface area contributed by atoms with Gasteiger partial charge in [0.2, 0.25) is 0 Å². The van der Waals surface area contributed by atoms with E-state index in [-0.39, 0.29) is 18.6 Å². The molecule has 0 unspecified atom stereocenters. The Bertz CT molecular complexity index is 911. The highest BCUT2D eigenvalue weighted by atomic mass is 16.5. The van der Waals surface area contributed by atoms with Crippen LogP contribution in [0.2, 0.25) is 0 Å². The Morgan fingerprint density at radius 3 is 2.59 bits per heavy atom. The van der Waals surface area contributed by atoms with E-state index >= 15 is 0 Å². The fraction of sp³-hybridized carbons (Fsp3) is 0.500. The first-order valence-electron chi connectivity index (χ1n) is 11.8. The van der Waals surface area contributed by atoms with E-state index in [1.807, 2.05) is 24.3 Å². The van der Waals surface area contributed by atoms with E-state index in [9.17, 15) is 4.79 Å². The molecule has 0 saturated carbocycles. The zero-order valence-electron chi connectivity index (χ0n) is 19.3. The van der Waals surface area contributed by atoms with Gasteiger partial charge in [-0.25, -0.2) is 0 Å². The van der Waals surface area contributed by atoms with Gasteiger partial charge in [0, 0.05) is 25.8 Å². The molecule has 2 aliphatic heterocycles. The number of carbonyl (C=O) groups excluding carboxylic acids is 1. The van der Waals surface area contributed by atoms with Gasteiger partial charge in [0.15, 0.2) is 18.1 Å². The molecule has 0 bridgehead atoms. The van der Waals surface area contributed by atoms with Crippen LogP contribution in [0.25, 0.3) is 0 Å². The molecule has 2 aromatic carbocycles. The van der Waals surface area contributed by atoms with Crippen molar-refractivity contribution in [3.63, 3.8) is 0 Å². The van der Waals surface area contributed by atoms with Crippen LogP contribution >= 0.6 is 0 Å². The monoisotopic (exact) mass is 437 g/mol. The number of methoxy groups -OCH3 is 1. The minimum Gasteiger partial charge on any atom is -0.493 e. The van der Waals surface area contributed by atoms with Gasteiger partial charge in [-0.15, -0.1) is 0 Å². The minimum atomic E-state index is -0.115. The lowest BCUT2D eigenvalue weighted by molar-refractivity contribution is -0.123. The average molecular weight is 438 g/mol. The van der Waals surface area contributed by atoms with Crippen LogP contribution in [0.1, 0.15) is 42.9 Å². The van der Waals surface area contributed by atoms with Crippen LogP contribution in [-0.4, -0.2) is 57.8 Å². The van der Waals surface area contributed by atoms with Crippen molar-refractivity contribution in [3.8, 4) is 11.5 Å². The number of piperidine rings is 1. The Morgan fingerprint density at radius 1 is 1.03 bits per heavy atom. The number of fused-ring (bicyclic) bond motifs is 1. The summed E-state index contributed by atoms with van der Waals surface area (Å²) in [5.41, 5.74) is 4.06. The van der Waals surface area contributed by atoms with Gasteiger partial charge in [-0.3, -0.25) is 9.69 Å². The zero-order valence-corrected chi connectivity index (χ0v) is 19.3. The molecule has 6 heteroatoms. The summed E-state index contributed by atoms with van der Waals surface area (Å²) in [6.07, 6.45) is 6.04. The molecule has 1 saturated heterocycles. The SMILES string of the molecule is COc1ccccc1OCC(=O)NC[C@H](c1ccc2c(c1)CCCN2C)N1CCCCC1. The molecule has 32 heavy (non-hydrogen) atoms. The van der Waals surface area contributed by atoms with Crippen LogP contribution in [0.15, 0.2) is 42.5 Å². The molecule has 2 aliphatic rings. The van der Waals surface area contributed by atoms with Crippen LogP contribution < -0.4 is 19.7 Å². The molecule has 1 amide bonds. The first kappa shape index (κ1) is 22.5. The van der Waals surface area contributed by atoms with Crippen molar-refractivity contribution in [2.24, 2.45) is 0 Å². The predicted octanol–water partition coefficient (Wildman–Crippen LogP) is 3.80. The summed E-state index contributed by atoms with van der Waals surface area (Å²) in [4.78, 5) is 17.5. The second-order valence-corrected chi connectivity index (χ2v) is 8.77. The largest absolute Gasteiger partial charge is 0.493 e. The molecule has 0 aliphatic carbocycles. The van der Waals surface area contributed by atoms with E-state index in [4.69, 9.17) is 9.47 Å². The fourth-order valence-electron chi connectivity index (χ4n) is 4.84. The summed E-state index contributed by atoms with van der Waals surface area (Å²) >= 11 is 0. The van der Waals surface area contributed by atoms with Crippen molar-refractivity contribution in [1.82, 2.24) is 10.2 Å². The molecule has 1 fully saturated rings. The van der Waals surface area contributed by atoms with Gasteiger partial charge in [-0.1, -0.05) is 30.7 Å². The van der Waals surface area contributed by atoms with Crippen molar-refractivity contribution >= 4 is 11.6 Å². The minimum absolute atomic E-state index is 0.0257. The topological polar surface area (TPSA) is 54.0 Å². The van der Waals surface area contributed by atoms with E-state index in [2.05, 4.69) is 40.4 Å². The van der Waals surface area contributed by atoms with Crippen molar-refractivity contribution in [2.45, 2.75) is 38.1 Å². The Morgan fingerprint density at radius 2 is 1.81 bits per heavy atom. The molecule has 1 atom stereocenters. The number of para-hydroxylation sites is 2. The summed E-state index contributed by atoms with van der Waals surface area (Å²) in [6, 6.07) is 14.4. The van der Waals surface area contributed by atoms with Gasteiger partial charge in [0.25, 0.3) is 5.91 Å². The number of rotatable bonds is 8. The summed E-state index contributed by atoms with van der Waals surface area (Å²) in [6.45, 7) is 3.83. The molecule has 2 aromatic rings. The lowest BCUT2D eigenvalue weighted by atomic mass is 9.95. The van der Waals surface area contributed by atoms with Gasteiger partial charge in [0.05, 0.1) is 13.2 Å². The van der Waals surface area contributed by atoms with Gasteiger partial charge in [-0.2, -0.15) is 0 Å². The third-order valence-corrected chi connectivity index (χ3v) is 6.59. The molecule has 0 radical (unpaired) electrons. The highest BCUT2D eigenvalue weighted by Gasteiger charge is 2.25. The maximum absolute atomic E-state index is 12.6. The number of amides is 1. The lowest BCUT2D eigenvalue weighted by Gasteiger charge is -2.36. The maximum atomic E-state index is 12.6. The quantitative estimate of drug-likeness (QED) is 0.681. The van der Waals surface area contributed by atoms with Crippen molar-refractivity contribution in [1.29, 1.82) is 0 Å². The average Bonchev–Trinajstić information content (AvgIpc) is 2.84. The molecule has 2 heterocycles. The van der Waals surface area contributed by atoms with E-state index in [0.717, 1.165) is 26.1 Å². The maximum Gasteiger partial charge on any atom is 0.258 e. The summed E-state index contributed by atoms with van der Waals surface area (Å²) in [7, 11) is 3.77. The Balaban J connectivity index is 1.42. The summed E-state index contributed by atoms with van der Waals surface area (Å²) in [5.74, 6) is 1.10. The highest BCUT2D eigenvalue weighted by Crippen LogP contribution is 2.31. The van der Waals surface area contributed by atoms with E-state index in [1.165, 1.54) is 42.5 Å². The number of ether oxygens (including phenoxy) is 2. The summed E-state index contributed by atoms with van der Waals surface area (Å²) < 4.78 is 11.0. The number of nitrogens with one attached hydrogen (secondary N) is 1. The van der Waals surface area contributed by atoms with Gasteiger partial charge < -0.3 is 19.7 Å². The number of likely N-dealkylation sites (tertiary alicyclic amines) is 1. The number of anilines is 1. The molecule has 0 aromatic heterocycles. The first-order valence-corrected chi connectivity index (χ1v) is 11.8. The third kappa shape index (κ3) is 5.36.